The standard InChI is InChI=1S/C26H26Cl2N6O4S/c1-38-11-10-34(25(37)21-6-5-19(27)12-22(21)28)16-23(35)32-26-31-20(17-39-26)13-24(36)33(9-3-7-29)15-18-4-2-8-30-14-18/h2,4-6,8,12,14,17H,3,9-11,13,15-16H2,1H3,(H,31,32,35). The number of halogens is 2. The van der Waals surface area contributed by atoms with E-state index in [0.29, 0.717) is 22.4 Å². The Hall–Kier alpha value is -3.56. The molecule has 3 amide bonds. The summed E-state index contributed by atoms with van der Waals surface area (Å²) >= 11 is 13.3. The lowest BCUT2D eigenvalue weighted by atomic mass is 10.2. The highest BCUT2D eigenvalue weighted by molar-refractivity contribution is 7.13. The monoisotopic (exact) mass is 588 g/mol. The van der Waals surface area contributed by atoms with Crippen LogP contribution in [0.4, 0.5) is 5.13 Å². The lowest BCUT2D eigenvalue weighted by Gasteiger charge is -2.22. The minimum absolute atomic E-state index is 0.00553. The number of nitrogens with zero attached hydrogens (tertiary/aromatic N) is 5. The zero-order valence-electron chi connectivity index (χ0n) is 21.1. The van der Waals surface area contributed by atoms with Gasteiger partial charge in [-0.05, 0) is 29.8 Å². The number of carbonyl (C=O) groups excluding carboxylic acids is 3. The van der Waals surface area contributed by atoms with Crippen LogP contribution >= 0.6 is 34.5 Å². The zero-order chi connectivity index (χ0) is 28.2. The Morgan fingerprint density at radius 1 is 1.18 bits per heavy atom. The molecule has 0 radical (unpaired) electrons. The molecule has 0 atom stereocenters. The molecule has 0 unspecified atom stereocenters. The smallest absolute Gasteiger partial charge is 0.255 e. The second kappa shape index (κ2) is 15.1. The van der Waals surface area contributed by atoms with E-state index in [1.165, 1.54) is 35.5 Å². The molecule has 0 aliphatic heterocycles. The Labute approximate surface area is 240 Å². The van der Waals surface area contributed by atoms with Gasteiger partial charge in [0.2, 0.25) is 11.8 Å². The van der Waals surface area contributed by atoms with Gasteiger partial charge in [0.25, 0.3) is 5.91 Å². The number of pyridine rings is 1. The molecular formula is C26H26Cl2N6O4S. The van der Waals surface area contributed by atoms with Crippen molar-refractivity contribution < 1.29 is 19.1 Å². The molecule has 1 aromatic carbocycles. The molecule has 0 aliphatic rings. The molecule has 1 N–H and O–H groups in total. The van der Waals surface area contributed by atoms with Gasteiger partial charge in [-0.2, -0.15) is 5.26 Å². The number of nitriles is 1. The maximum atomic E-state index is 13.0. The number of thiazole rings is 1. The molecular weight excluding hydrogens is 563 g/mol. The van der Waals surface area contributed by atoms with E-state index in [1.54, 1.807) is 34.8 Å². The fraction of sp³-hybridized carbons (Fsp3) is 0.308. The average Bonchev–Trinajstić information content (AvgIpc) is 3.35. The highest BCUT2D eigenvalue weighted by Gasteiger charge is 2.22. The Morgan fingerprint density at radius 3 is 2.69 bits per heavy atom. The summed E-state index contributed by atoms with van der Waals surface area (Å²) in [7, 11) is 1.49. The fourth-order valence-electron chi connectivity index (χ4n) is 3.52. The Balaban J connectivity index is 1.62. The van der Waals surface area contributed by atoms with E-state index in [9.17, 15) is 14.4 Å². The molecule has 0 saturated heterocycles. The molecule has 204 valence electrons. The minimum atomic E-state index is -0.469. The van der Waals surface area contributed by atoms with Crippen LogP contribution in [0.5, 0.6) is 0 Å². The number of methoxy groups -OCH3 is 1. The third-order valence-corrected chi connectivity index (χ3v) is 6.78. The van der Waals surface area contributed by atoms with Crippen LogP contribution in [0.25, 0.3) is 0 Å². The minimum Gasteiger partial charge on any atom is -0.383 e. The Kier molecular flexibility index (Phi) is 11.6. The van der Waals surface area contributed by atoms with E-state index in [1.807, 2.05) is 6.07 Å². The van der Waals surface area contributed by atoms with Crippen LogP contribution in [0.1, 0.15) is 28.0 Å². The summed E-state index contributed by atoms with van der Waals surface area (Å²) in [5.74, 6) is -1.11. The third kappa shape index (κ3) is 9.30. The van der Waals surface area contributed by atoms with Gasteiger partial charge in [0, 0.05) is 49.5 Å². The summed E-state index contributed by atoms with van der Waals surface area (Å²) in [6, 6.07) is 10.2. The molecule has 3 rings (SSSR count). The summed E-state index contributed by atoms with van der Waals surface area (Å²) in [6.45, 7) is 0.720. The normalized spacial score (nSPS) is 10.5. The van der Waals surface area contributed by atoms with Gasteiger partial charge >= 0.3 is 0 Å². The van der Waals surface area contributed by atoms with Gasteiger partial charge in [-0.15, -0.1) is 11.3 Å². The van der Waals surface area contributed by atoms with Crippen LogP contribution in [-0.4, -0.2) is 70.8 Å². The summed E-state index contributed by atoms with van der Waals surface area (Å²) in [5.41, 5.74) is 1.54. The molecule has 2 heterocycles. The maximum absolute atomic E-state index is 13.0. The summed E-state index contributed by atoms with van der Waals surface area (Å²) in [5, 5.41) is 14.2. The van der Waals surface area contributed by atoms with Crippen molar-refractivity contribution in [2.24, 2.45) is 0 Å². The number of rotatable bonds is 13. The first kappa shape index (κ1) is 30.0. The summed E-state index contributed by atoms with van der Waals surface area (Å²) < 4.78 is 5.08. The van der Waals surface area contributed by atoms with Crippen LogP contribution < -0.4 is 5.32 Å². The van der Waals surface area contributed by atoms with Gasteiger partial charge in [0.05, 0.1) is 41.8 Å². The first-order valence-corrected chi connectivity index (χ1v) is 13.5. The molecule has 0 aliphatic carbocycles. The molecule has 0 fully saturated rings. The maximum Gasteiger partial charge on any atom is 0.255 e. The van der Waals surface area contributed by atoms with E-state index < -0.39 is 11.8 Å². The SMILES string of the molecule is COCCN(CC(=O)Nc1nc(CC(=O)N(CCC#N)Cc2cccnc2)cs1)C(=O)c1ccc(Cl)cc1Cl. The second-order valence-corrected chi connectivity index (χ2v) is 10.00. The molecule has 0 spiro atoms. The number of carbonyl (C=O) groups is 3. The Morgan fingerprint density at radius 2 is 2.00 bits per heavy atom. The number of nitrogens with one attached hydrogen (secondary N) is 1. The molecule has 13 heteroatoms. The van der Waals surface area contributed by atoms with Crippen molar-refractivity contribution in [1.29, 1.82) is 5.26 Å². The summed E-state index contributed by atoms with van der Waals surface area (Å²) in [6.07, 6.45) is 3.52. The number of benzene rings is 1. The first-order valence-electron chi connectivity index (χ1n) is 11.8. The number of aromatic nitrogens is 2. The van der Waals surface area contributed by atoms with Gasteiger partial charge in [0.15, 0.2) is 5.13 Å². The number of hydrogen-bond acceptors (Lipinski definition) is 8. The van der Waals surface area contributed by atoms with E-state index in [0.717, 1.165) is 5.56 Å². The molecule has 39 heavy (non-hydrogen) atoms. The molecule has 0 saturated carbocycles. The largest absolute Gasteiger partial charge is 0.383 e. The van der Waals surface area contributed by atoms with E-state index in [2.05, 4.69) is 21.4 Å². The number of hydrogen-bond donors (Lipinski definition) is 1. The second-order valence-electron chi connectivity index (χ2n) is 8.30. The lowest BCUT2D eigenvalue weighted by Crippen LogP contribution is -2.40. The molecule has 10 nitrogen and oxygen atoms in total. The molecule has 2 aromatic heterocycles. The van der Waals surface area contributed by atoms with Gasteiger partial charge in [-0.25, -0.2) is 4.98 Å². The van der Waals surface area contributed by atoms with Crippen molar-refractivity contribution in [1.82, 2.24) is 19.8 Å². The predicted molar refractivity (Wildman–Crippen MR) is 149 cm³/mol. The molecule has 3 aromatic rings. The number of anilines is 1. The van der Waals surface area contributed by atoms with Gasteiger partial charge in [-0.3, -0.25) is 19.4 Å². The van der Waals surface area contributed by atoms with Gasteiger partial charge < -0.3 is 19.9 Å². The van der Waals surface area contributed by atoms with Gasteiger partial charge in [0.1, 0.15) is 6.54 Å². The van der Waals surface area contributed by atoms with Crippen molar-refractivity contribution >= 4 is 57.4 Å². The van der Waals surface area contributed by atoms with Crippen LogP contribution in [0.3, 0.4) is 0 Å². The van der Waals surface area contributed by atoms with Crippen LogP contribution in [-0.2, 0) is 27.3 Å². The van der Waals surface area contributed by atoms with Crippen LogP contribution in [0.15, 0.2) is 48.1 Å². The van der Waals surface area contributed by atoms with Crippen molar-refractivity contribution in [2.45, 2.75) is 19.4 Å². The van der Waals surface area contributed by atoms with Crippen LogP contribution in [0.2, 0.25) is 10.0 Å². The third-order valence-electron chi connectivity index (χ3n) is 5.42. The predicted octanol–water partition coefficient (Wildman–Crippen LogP) is 4.06. The number of ether oxygens (including phenoxy) is 1. The quantitative estimate of drug-likeness (QED) is 0.319. The Bertz CT molecular complexity index is 1330. The van der Waals surface area contributed by atoms with E-state index in [-0.39, 0.29) is 55.6 Å². The van der Waals surface area contributed by atoms with E-state index >= 15 is 0 Å². The van der Waals surface area contributed by atoms with Crippen LogP contribution in [0, 0.1) is 11.3 Å². The highest BCUT2D eigenvalue weighted by atomic mass is 35.5. The fourth-order valence-corrected chi connectivity index (χ4v) is 4.74. The average molecular weight is 590 g/mol. The van der Waals surface area contributed by atoms with Gasteiger partial charge in [-0.1, -0.05) is 29.3 Å². The summed E-state index contributed by atoms with van der Waals surface area (Å²) in [4.78, 5) is 50.1. The number of amides is 3. The van der Waals surface area contributed by atoms with Crippen molar-refractivity contribution in [3.8, 4) is 6.07 Å². The zero-order valence-corrected chi connectivity index (χ0v) is 23.4. The van der Waals surface area contributed by atoms with E-state index in [4.69, 9.17) is 33.2 Å². The topological polar surface area (TPSA) is 129 Å². The first-order chi connectivity index (χ1) is 18.8. The molecule has 0 bridgehead atoms. The van der Waals surface area contributed by atoms with Crippen molar-refractivity contribution in [3.05, 3.63) is 75.0 Å². The van der Waals surface area contributed by atoms with Crippen molar-refractivity contribution in [3.63, 3.8) is 0 Å². The van der Waals surface area contributed by atoms with Crippen molar-refractivity contribution in [2.75, 3.05) is 38.7 Å². The lowest BCUT2D eigenvalue weighted by molar-refractivity contribution is -0.131. The highest BCUT2D eigenvalue weighted by Crippen LogP contribution is 2.23.